The molecule has 0 bridgehead atoms. The van der Waals surface area contributed by atoms with Crippen molar-refractivity contribution in [1.29, 1.82) is 0 Å². The van der Waals surface area contributed by atoms with E-state index in [1.807, 2.05) is 13.8 Å². The van der Waals surface area contributed by atoms with Crippen LogP contribution in [-0.2, 0) is 9.53 Å². The SMILES string of the molecule is CC(C)COC(CC1=CCCC=C1)C(=O)C(C)C. The minimum atomic E-state index is -0.276. The number of ether oxygens (including phenoxy) is 1. The van der Waals surface area contributed by atoms with Crippen LogP contribution in [-0.4, -0.2) is 18.5 Å². The molecule has 1 unspecified atom stereocenters. The van der Waals surface area contributed by atoms with Gasteiger partial charge in [-0.15, -0.1) is 0 Å². The maximum Gasteiger partial charge on any atom is 0.164 e. The Balaban J connectivity index is 2.61. The lowest BCUT2D eigenvalue weighted by atomic mass is 9.95. The lowest BCUT2D eigenvalue weighted by Crippen LogP contribution is -2.30. The zero-order valence-corrected chi connectivity index (χ0v) is 12.1. The van der Waals surface area contributed by atoms with E-state index in [0.717, 1.165) is 19.3 Å². The summed E-state index contributed by atoms with van der Waals surface area (Å²) in [6.07, 6.45) is 9.16. The lowest BCUT2D eigenvalue weighted by Gasteiger charge is -2.21. The van der Waals surface area contributed by atoms with Crippen LogP contribution in [0.25, 0.3) is 0 Å². The highest BCUT2D eigenvalue weighted by molar-refractivity contribution is 5.85. The van der Waals surface area contributed by atoms with E-state index in [9.17, 15) is 4.79 Å². The van der Waals surface area contributed by atoms with E-state index in [2.05, 4.69) is 32.1 Å². The van der Waals surface area contributed by atoms with Gasteiger partial charge in [0, 0.05) is 18.9 Å². The molecule has 0 saturated carbocycles. The Morgan fingerprint density at radius 3 is 2.50 bits per heavy atom. The number of carbonyl (C=O) groups excluding carboxylic acids is 1. The zero-order valence-electron chi connectivity index (χ0n) is 12.1. The standard InChI is InChI=1S/C16H26O2/c1-12(2)11-18-15(16(17)13(3)4)10-14-8-6-5-7-9-14/h6,8-9,12-13,15H,5,7,10-11H2,1-4H3. The van der Waals surface area contributed by atoms with E-state index >= 15 is 0 Å². The molecule has 0 spiro atoms. The van der Waals surface area contributed by atoms with Gasteiger partial charge >= 0.3 is 0 Å². The number of carbonyl (C=O) groups is 1. The third-order valence-corrected chi connectivity index (χ3v) is 3.01. The van der Waals surface area contributed by atoms with Gasteiger partial charge in [-0.2, -0.15) is 0 Å². The average Bonchev–Trinajstić information content (AvgIpc) is 2.34. The third kappa shape index (κ3) is 5.18. The molecular weight excluding hydrogens is 224 g/mol. The molecule has 0 heterocycles. The molecule has 0 aromatic heterocycles. The van der Waals surface area contributed by atoms with Gasteiger partial charge in [-0.05, 0) is 24.3 Å². The molecule has 0 amide bonds. The Bertz CT molecular complexity index is 324. The zero-order chi connectivity index (χ0) is 13.5. The maximum atomic E-state index is 12.2. The quantitative estimate of drug-likeness (QED) is 0.684. The van der Waals surface area contributed by atoms with E-state index in [-0.39, 0.29) is 17.8 Å². The highest BCUT2D eigenvalue weighted by Crippen LogP contribution is 2.19. The van der Waals surface area contributed by atoms with Crippen molar-refractivity contribution >= 4 is 5.78 Å². The van der Waals surface area contributed by atoms with E-state index < -0.39 is 0 Å². The monoisotopic (exact) mass is 250 g/mol. The molecule has 18 heavy (non-hydrogen) atoms. The third-order valence-electron chi connectivity index (χ3n) is 3.01. The summed E-state index contributed by atoms with van der Waals surface area (Å²) in [6.45, 7) is 8.76. The summed E-state index contributed by atoms with van der Waals surface area (Å²) >= 11 is 0. The van der Waals surface area contributed by atoms with E-state index in [1.54, 1.807) is 0 Å². The van der Waals surface area contributed by atoms with Gasteiger partial charge < -0.3 is 4.74 Å². The van der Waals surface area contributed by atoms with Gasteiger partial charge in [-0.25, -0.2) is 0 Å². The van der Waals surface area contributed by atoms with Crippen molar-refractivity contribution in [2.24, 2.45) is 11.8 Å². The van der Waals surface area contributed by atoms with Crippen LogP contribution >= 0.6 is 0 Å². The van der Waals surface area contributed by atoms with Crippen LogP contribution in [0.1, 0.15) is 47.0 Å². The van der Waals surface area contributed by atoms with Crippen molar-refractivity contribution in [2.45, 2.75) is 53.1 Å². The summed E-state index contributed by atoms with van der Waals surface area (Å²) in [7, 11) is 0. The normalized spacial score (nSPS) is 17.1. The summed E-state index contributed by atoms with van der Waals surface area (Å²) < 4.78 is 5.81. The van der Waals surface area contributed by atoms with Gasteiger partial charge in [0.1, 0.15) is 6.10 Å². The van der Waals surface area contributed by atoms with Gasteiger partial charge in [0.15, 0.2) is 5.78 Å². The predicted molar refractivity (Wildman–Crippen MR) is 75.5 cm³/mol. The summed E-state index contributed by atoms with van der Waals surface area (Å²) in [5, 5.41) is 0. The molecular formula is C16H26O2. The molecule has 0 fully saturated rings. The van der Waals surface area contributed by atoms with Crippen LogP contribution in [0.2, 0.25) is 0 Å². The fourth-order valence-electron chi connectivity index (χ4n) is 1.96. The number of ketones is 1. The molecule has 1 aliphatic carbocycles. The second-order valence-electron chi connectivity index (χ2n) is 5.74. The van der Waals surface area contributed by atoms with Crippen molar-refractivity contribution in [3.05, 3.63) is 23.8 Å². The first-order chi connectivity index (χ1) is 8.50. The fourth-order valence-corrected chi connectivity index (χ4v) is 1.96. The van der Waals surface area contributed by atoms with Crippen LogP contribution in [0.15, 0.2) is 23.8 Å². The number of hydrogen-bond donors (Lipinski definition) is 0. The summed E-state index contributed by atoms with van der Waals surface area (Å²) in [6, 6.07) is 0. The molecule has 0 radical (unpaired) electrons. The van der Waals surface area contributed by atoms with Crippen LogP contribution in [0.3, 0.4) is 0 Å². The van der Waals surface area contributed by atoms with Crippen LogP contribution in [0.5, 0.6) is 0 Å². The Kier molecular flexibility index (Phi) is 6.34. The van der Waals surface area contributed by atoms with Crippen molar-refractivity contribution in [3.8, 4) is 0 Å². The molecule has 0 aliphatic heterocycles. The van der Waals surface area contributed by atoms with Crippen molar-refractivity contribution in [2.75, 3.05) is 6.61 Å². The molecule has 0 saturated heterocycles. The highest BCUT2D eigenvalue weighted by atomic mass is 16.5. The first kappa shape index (κ1) is 15.2. The molecule has 2 heteroatoms. The Morgan fingerprint density at radius 2 is 2.00 bits per heavy atom. The van der Waals surface area contributed by atoms with Gasteiger partial charge in [0.2, 0.25) is 0 Å². The lowest BCUT2D eigenvalue weighted by molar-refractivity contribution is -0.134. The van der Waals surface area contributed by atoms with Gasteiger partial charge in [-0.1, -0.05) is 45.9 Å². The van der Waals surface area contributed by atoms with E-state index in [0.29, 0.717) is 12.5 Å². The minimum absolute atomic E-state index is 0.0373. The predicted octanol–water partition coefficient (Wildman–Crippen LogP) is 3.92. The summed E-state index contributed by atoms with van der Waals surface area (Å²) in [4.78, 5) is 12.2. The molecule has 102 valence electrons. The highest BCUT2D eigenvalue weighted by Gasteiger charge is 2.23. The van der Waals surface area contributed by atoms with Crippen molar-refractivity contribution in [3.63, 3.8) is 0 Å². The van der Waals surface area contributed by atoms with E-state index in [4.69, 9.17) is 4.74 Å². The van der Waals surface area contributed by atoms with Crippen LogP contribution in [0, 0.1) is 11.8 Å². The minimum Gasteiger partial charge on any atom is -0.370 e. The molecule has 0 aromatic rings. The Morgan fingerprint density at radius 1 is 1.28 bits per heavy atom. The van der Waals surface area contributed by atoms with Crippen molar-refractivity contribution < 1.29 is 9.53 Å². The average molecular weight is 250 g/mol. The molecule has 1 rings (SSSR count). The largest absolute Gasteiger partial charge is 0.370 e. The molecule has 1 aliphatic rings. The number of hydrogen-bond acceptors (Lipinski definition) is 2. The maximum absolute atomic E-state index is 12.2. The fraction of sp³-hybridized carbons (Fsp3) is 0.688. The van der Waals surface area contributed by atoms with Gasteiger partial charge in [-0.3, -0.25) is 4.79 Å². The topological polar surface area (TPSA) is 26.3 Å². The van der Waals surface area contributed by atoms with Crippen molar-refractivity contribution in [1.82, 2.24) is 0 Å². The second-order valence-corrected chi connectivity index (χ2v) is 5.74. The summed E-state index contributed by atoms with van der Waals surface area (Å²) in [5.74, 6) is 0.717. The van der Waals surface area contributed by atoms with E-state index in [1.165, 1.54) is 5.57 Å². The smallest absolute Gasteiger partial charge is 0.164 e. The van der Waals surface area contributed by atoms with Crippen LogP contribution in [0.4, 0.5) is 0 Å². The van der Waals surface area contributed by atoms with Gasteiger partial charge in [0.25, 0.3) is 0 Å². The molecule has 0 N–H and O–H groups in total. The second kappa shape index (κ2) is 7.52. The first-order valence-corrected chi connectivity index (χ1v) is 7.01. The number of rotatable bonds is 7. The van der Waals surface area contributed by atoms with Gasteiger partial charge in [0.05, 0.1) is 0 Å². The molecule has 0 aromatic carbocycles. The van der Waals surface area contributed by atoms with Crippen LogP contribution < -0.4 is 0 Å². The Hall–Kier alpha value is -0.890. The molecule has 1 atom stereocenters. The molecule has 2 nitrogen and oxygen atoms in total. The number of Topliss-reactive ketones (excluding diaryl/α,β-unsaturated/α-hetero) is 1. The first-order valence-electron chi connectivity index (χ1n) is 7.01. The number of allylic oxidation sites excluding steroid dienone is 3. The summed E-state index contributed by atoms with van der Waals surface area (Å²) in [5.41, 5.74) is 1.24. The Labute approximate surface area is 111 Å².